The van der Waals surface area contributed by atoms with E-state index in [1.807, 2.05) is 54.6 Å². The third kappa shape index (κ3) is 3.77. The van der Waals surface area contributed by atoms with Crippen molar-refractivity contribution in [3.05, 3.63) is 118 Å². The van der Waals surface area contributed by atoms with E-state index >= 15 is 0 Å². The number of hydrogen-bond donors (Lipinski definition) is 0. The van der Waals surface area contributed by atoms with Gasteiger partial charge in [-0.25, -0.2) is 13.8 Å². The van der Waals surface area contributed by atoms with Gasteiger partial charge in [-0.1, -0.05) is 36.4 Å². The molecule has 4 heteroatoms. The summed E-state index contributed by atoms with van der Waals surface area (Å²) in [4.78, 5) is 9.31. The van der Waals surface area contributed by atoms with Crippen molar-refractivity contribution in [1.82, 2.24) is 4.98 Å². The van der Waals surface area contributed by atoms with Crippen LogP contribution in [0.1, 0.15) is 27.9 Å². The molecule has 1 aliphatic rings. The lowest BCUT2D eigenvalue weighted by Gasteiger charge is -2.07. The number of para-hydroxylation sites is 1. The van der Waals surface area contributed by atoms with Crippen LogP contribution in [0, 0.1) is 11.6 Å². The van der Waals surface area contributed by atoms with Crippen LogP contribution in [0.2, 0.25) is 0 Å². The molecule has 0 unspecified atom stereocenters. The molecule has 4 aromatic rings. The molecule has 0 bridgehead atoms. The van der Waals surface area contributed by atoms with Gasteiger partial charge in [0.1, 0.15) is 11.6 Å². The summed E-state index contributed by atoms with van der Waals surface area (Å²) in [5, 5.41) is 1.11. The van der Waals surface area contributed by atoms with Crippen LogP contribution in [0.4, 0.5) is 8.78 Å². The van der Waals surface area contributed by atoms with Gasteiger partial charge in [0.05, 0.1) is 23.5 Å². The van der Waals surface area contributed by atoms with Gasteiger partial charge in [0, 0.05) is 17.0 Å². The van der Waals surface area contributed by atoms with Crippen LogP contribution in [0.25, 0.3) is 17.0 Å². The van der Waals surface area contributed by atoms with Gasteiger partial charge >= 0.3 is 0 Å². The molecule has 30 heavy (non-hydrogen) atoms. The lowest BCUT2D eigenvalue weighted by Crippen LogP contribution is -1.98. The number of aliphatic imine (C=N–C) groups is 1. The minimum atomic E-state index is -0.556. The SMILES string of the molecule is Fc1cc(F)cc(Cc2ccc3c(c2)C(/C=C/c2ccc4ccccc4n2)=NC3)c1. The summed E-state index contributed by atoms with van der Waals surface area (Å²) in [6.45, 7) is 0.634. The molecular weight excluding hydrogens is 378 g/mol. The number of aromatic nitrogens is 1. The Hall–Kier alpha value is -3.66. The maximum Gasteiger partial charge on any atom is 0.126 e. The van der Waals surface area contributed by atoms with Gasteiger partial charge in [-0.3, -0.25) is 4.99 Å². The summed E-state index contributed by atoms with van der Waals surface area (Å²) >= 11 is 0. The summed E-state index contributed by atoms with van der Waals surface area (Å²) in [5.41, 5.74) is 6.53. The van der Waals surface area contributed by atoms with Gasteiger partial charge in [0.15, 0.2) is 0 Å². The molecule has 5 rings (SSSR count). The molecule has 0 N–H and O–H groups in total. The van der Waals surface area contributed by atoms with E-state index < -0.39 is 11.6 Å². The van der Waals surface area contributed by atoms with Crippen molar-refractivity contribution < 1.29 is 8.78 Å². The Morgan fingerprint density at radius 1 is 0.800 bits per heavy atom. The maximum atomic E-state index is 13.5. The quantitative estimate of drug-likeness (QED) is 0.408. The first-order chi connectivity index (χ1) is 14.6. The average Bonchev–Trinajstić information content (AvgIpc) is 3.13. The maximum absolute atomic E-state index is 13.5. The van der Waals surface area contributed by atoms with Crippen LogP contribution in [0.5, 0.6) is 0 Å². The van der Waals surface area contributed by atoms with Gasteiger partial charge in [0.2, 0.25) is 0 Å². The number of fused-ring (bicyclic) bond motifs is 2. The zero-order chi connectivity index (χ0) is 20.5. The summed E-state index contributed by atoms with van der Waals surface area (Å²) in [6, 6.07) is 21.8. The normalized spacial score (nSPS) is 13.1. The van der Waals surface area contributed by atoms with E-state index in [4.69, 9.17) is 0 Å². The zero-order valence-electron chi connectivity index (χ0n) is 16.1. The molecule has 146 valence electrons. The molecule has 0 radical (unpaired) electrons. The first-order valence-corrected chi connectivity index (χ1v) is 9.79. The molecule has 0 saturated carbocycles. The molecule has 0 fully saturated rings. The van der Waals surface area contributed by atoms with Crippen LogP contribution in [0.3, 0.4) is 0 Å². The van der Waals surface area contributed by atoms with Gasteiger partial charge in [-0.2, -0.15) is 0 Å². The fourth-order valence-corrected chi connectivity index (χ4v) is 3.80. The third-order valence-corrected chi connectivity index (χ3v) is 5.23. The average molecular weight is 396 g/mol. The van der Waals surface area contributed by atoms with Crippen LogP contribution >= 0.6 is 0 Å². The van der Waals surface area contributed by atoms with E-state index in [0.717, 1.165) is 45.1 Å². The minimum Gasteiger partial charge on any atom is -0.280 e. The second-order valence-electron chi connectivity index (χ2n) is 7.41. The van der Waals surface area contributed by atoms with Gasteiger partial charge in [0.25, 0.3) is 0 Å². The predicted octanol–water partition coefficient (Wildman–Crippen LogP) is 6.12. The molecular formula is C26H18F2N2. The van der Waals surface area contributed by atoms with E-state index in [9.17, 15) is 8.78 Å². The summed E-state index contributed by atoms with van der Waals surface area (Å²) in [7, 11) is 0. The fourth-order valence-electron chi connectivity index (χ4n) is 3.80. The molecule has 2 nitrogen and oxygen atoms in total. The number of allylic oxidation sites excluding steroid dienone is 1. The third-order valence-electron chi connectivity index (χ3n) is 5.23. The first-order valence-electron chi connectivity index (χ1n) is 9.79. The molecule has 0 amide bonds. The van der Waals surface area contributed by atoms with E-state index in [0.29, 0.717) is 18.5 Å². The molecule has 0 spiro atoms. The second-order valence-corrected chi connectivity index (χ2v) is 7.41. The minimum absolute atomic E-state index is 0.463. The number of benzene rings is 3. The Balaban J connectivity index is 1.40. The Bertz CT molecular complexity index is 1300. The molecule has 0 saturated heterocycles. The van der Waals surface area contributed by atoms with E-state index in [1.54, 1.807) is 0 Å². The molecule has 0 aliphatic carbocycles. The highest BCUT2D eigenvalue weighted by Crippen LogP contribution is 2.24. The molecule has 2 heterocycles. The van der Waals surface area contributed by atoms with Crippen LogP contribution in [-0.2, 0) is 13.0 Å². The van der Waals surface area contributed by atoms with E-state index in [-0.39, 0.29) is 0 Å². The number of halogens is 2. The number of hydrogen-bond acceptors (Lipinski definition) is 2. The smallest absolute Gasteiger partial charge is 0.126 e. The number of nitrogens with zero attached hydrogens (tertiary/aromatic N) is 2. The van der Waals surface area contributed by atoms with Gasteiger partial charge in [-0.05, 0) is 65.6 Å². The first kappa shape index (κ1) is 18.4. The largest absolute Gasteiger partial charge is 0.280 e. The van der Waals surface area contributed by atoms with Crippen LogP contribution in [-0.4, -0.2) is 10.7 Å². The number of rotatable bonds is 4. The van der Waals surface area contributed by atoms with Gasteiger partial charge in [-0.15, -0.1) is 0 Å². The summed E-state index contributed by atoms with van der Waals surface area (Å²) < 4.78 is 27.0. The van der Waals surface area contributed by atoms with Crippen LogP contribution in [0.15, 0.2) is 83.9 Å². The Morgan fingerprint density at radius 3 is 2.50 bits per heavy atom. The molecule has 3 aromatic carbocycles. The topological polar surface area (TPSA) is 25.2 Å². The van der Waals surface area contributed by atoms with E-state index in [1.165, 1.54) is 12.1 Å². The van der Waals surface area contributed by atoms with Crippen molar-refractivity contribution in [2.45, 2.75) is 13.0 Å². The summed E-state index contributed by atoms with van der Waals surface area (Å²) in [5.74, 6) is -1.11. The second kappa shape index (κ2) is 7.64. The highest BCUT2D eigenvalue weighted by Gasteiger charge is 2.14. The standard InChI is InChI=1S/C26H18F2N2/c27-21-12-18(13-22(28)15-21)11-17-5-6-20-16-29-26(24(20)14-17)10-9-23-8-7-19-3-1-2-4-25(19)30-23/h1-10,12-15H,11,16H2/b10-9+. The Morgan fingerprint density at radius 2 is 1.63 bits per heavy atom. The zero-order valence-corrected chi connectivity index (χ0v) is 16.1. The molecule has 1 aromatic heterocycles. The van der Waals surface area contributed by atoms with Crippen molar-refractivity contribution in [3.63, 3.8) is 0 Å². The highest BCUT2D eigenvalue weighted by molar-refractivity contribution is 6.13. The molecule has 0 atom stereocenters. The van der Waals surface area contributed by atoms with Crippen molar-refractivity contribution in [2.24, 2.45) is 4.99 Å². The lowest BCUT2D eigenvalue weighted by molar-refractivity contribution is 0.580. The van der Waals surface area contributed by atoms with Crippen LogP contribution < -0.4 is 0 Å². The van der Waals surface area contributed by atoms with Crippen molar-refractivity contribution >= 4 is 22.7 Å². The predicted molar refractivity (Wildman–Crippen MR) is 117 cm³/mol. The van der Waals surface area contributed by atoms with Gasteiger partial charge < -0.3 is 0 Å². The van der Waals surface area contributed by atoms with E-state index in [2.05, 4.69) is 22.1 Å². The monoisotopic (exact) mass is 396 g/mol. The van der Waals surface area contributed by atoms with Crippen molar-refractivity contribution in [2.75, 3.05) is 0 Å². The number of pyridine rings is 1. The van der Waals surface area contributed by atoms with Crippen molar-refractivity contribution in [1.29, 1.82) is 0 Å². The summed E-state index contributed by atoms with van der Waals surface area (Å²) in [6.07, 6.45) is 4.41. The van der Waals surface area contributed by atoms with Crippen molar-refractivity contribution in [3.8, 4) is 0 Å². The molecule has 1 aliphatic heterocycles. The highest BCUT2D eigenvalue weighted by atomic mass is 19.1. The fraction of sp³-hybridized carbons (Fsp3) is 0.0769. The lowest BCUT2D eigenvalue weighted by atomic mass is 9.98. The Kier molecular flexibility index (Phi) is 4.68. The Labute approximate surface area is 173 Å².